The minimum Gasteiger partial charge on any atom is -0.497 e. The van der Waals surface area contributed by atoms with Crippen molar-refractivity contribution in [1.29, 1.82) is 0 Å². The fraction of sp³-hybridized carbons (Fsp3) is 0.200. The van der Waals surface area contributed by atoms with Gasteiger partial charge in [0, 0.05) is 11.3 Å². The average Bonchev–Trinajstić information content (AvgIpc) is 3.36. The van der Waals surface area contributed by atoms with E-state index in [1.165, 1.54) is 23.5 Å². The van der Waals surface area contributed by atoms with Crippen molar-refractivity contribution in [2.45, 2.75) is 31.3 Å². The molecule has 0 aliphatic carbocycles. The number of thioether (sulfide) groups is 1. The number of hydrogen-bond acceptors (Lipinski definition) is 6. The van der Waals surface area contributed by atoms with Crippen LogP contribution in [0.4, 0.5) is 0 Å². The first-order chi connectivity index (χ1) is 18.7. The predicted octanol–water partition coefficient (Wildman–Crippen LogP) is 6.71. The van der Waals surface area contributed by atoms with Crippen LogP contribution in [-0.2, 0) is 10.2 Å². The van der Waals surface area contributed by atoms with Gasteiger partial charge < -0.3 is 4.74 Å². The van der Waals surface area contributed by atoms with Gasteiger partial charge in [-0.15, -0.1) is 10.2 Å². The summed E-state index contributed by atoms with van der Waals surface area (Å²) in [6.45, 7) is 6.54. The first-order valence-corrected chi connectivity index (χ1v) is 13.7. The van der Waals surface area contributed by atoms with Crippen molar-refractivity contribution < 1.29 is 9.53 Å². The van der Waals surface area contributed by atoms with E-state index in [4.69, 9.17) is 16.3 Å². The summed E-state index contributed by atoms with van der Waals surface area (Å²) in [6, 6.07) is 25.6. The molecule has 4 aromatic rings. The van der Waals surface area contributed by atoms with Crippen LogP contribution in [0.5, 0.6) is 5.75 Å². The van der Waals surface area contributed by atoms with E-state index in [-0.39, 0.29) is 17.1 Å². The Labute approximate surface area is 238 Å². The maximum absolute atomic E-state index is 12.5. The number of hydrogen-bond donors (Lipinski definition) is 1. The van der Waals surface area contributed by atoms with Crippen molar-refractivity contribution in [3.05, 3.63) is 95.0 Å². The Balaban J connectivity index is 1.51. The number of aromatic nitrogens is 3. The van der Waals surface area contributed by atoms with Crippen molar-refractivity contribution in [2.24, 2.45) is 5.10 Å². The van der Waals surface area contributed by atoms with E-state index in [1.807, 2.05) is 71.3 Å². The van der Waals surface area contributed by atoms with Gasteiger partial charge in [-0.1, -0.05) is 98.7 Å². The quantitative estimate of drug-likeness (QED) is 0.140. The summed E-state index contributed by atoms with van der Waals surface area (Å²) in [5.41, 5.74) is 6.51. The van der Waals surface area contributed by atoms with E-state index in [0.29, 0.717) is 16.0 Å². The lowest BCUT2D eigenvalue weighted by Gasteiger charge is -2.19. The molecule has 9 heteroatoms. The highest BCUT2D eigenvalue weighted by Crippen LogP contribution is 2.30. The molecule has 1 amide bonds. The average molecular weight is 560 g/mol. The number of nitrogens with one attached hydrogen (secondary N) is 1. The molecule has 1 aromatic heterocycles. The normalized spacial score (nSPS) is 12.1. The number of methoxy groups -OCH3 is 1. The Kier molecular flexibility index (Phi) is 9.22. The molecule has 0 saturated carbocycles. The molecular weight excluding hydrogens is 530 g/mol. The van der Waals surface area contributed by atoms with Crippen LogP contribution < -0.4 is 10.2 Å². The molecule has 0 bridgehead atoms. The van der Waals surface area contributed by atoms with E-state index in [0.717, 1.165) is 22.6 Å². The number of hydrazone groups is 1. The molecule has 4 rings (SSSR count). The van der Waals surface area contributed by atoms with E-state index in [9.17, 15) is 4.79 Å². The Morgan fingerprint density at radius 2 is 1.72 bits per heavy atom. The maximum atomic E-state index is 12.5. The standard InChI is InChI=1S/C30H30ClN5O2S/c1-30(2,3)23-12-10-22(11-13-23)28-34-35-29(36(28)25-14-16-26(38-4)17-15-25)39-20-27(37)33-32-19-24(31)18-21-8-6-5-7-9-21/h5-19H,20H2,1-4H3,(H,33,37). The second-order valence-corrected chi connectivity index (χ2v) is 11.1. The molecule has 7 nitrogen and oxygen atoms in total. The fourth-order valence-electron chi connectivity index (χ4n) is 3.71. The van der Waals surface area contributed by atoms with Crippen molar-refractivity contribution in [2.75, 3.05) is 12.9 Å². The van der Waals surface area contributed by atoms with Crippen LogP contribution in [-0.4, -0.2) is 39.7 Å². The summed E-state index contributed by atoms with van der Waals surface area (Å²) in [4.78, 5) is 12.5. The number of allylic oxidation sites excluding steroid dienone is 1. The van der Waals surface area contributed by atoms with Gasteiger partial charge in [0.05, 0.1) is 24.1 Å². The van der Waals surface area contributed by atoms with Gasteiger partial charge in [0.25, 0.3) is 5.91 Å². The van der Waals surface area contributed by atoms with Crippen LogP contribution in [0.25, 0.3) is 23.2 Å². The molecule has 39 heavy (non-hydrogen) atoms. The highest BCUT2D eigenvalue weighted by atomic mass is 35.5. The van der Waals surface area contributed by atoms with Crippen LogP contribution in [0, 0.1) is 0 Å². The number of carbonyl (C=O) groups is 1. The number of rotatable bonds is 9. The number of benzene rings is 3. The first kappa shape index (κ1) is 28.1. The minimum absolute atomic E-state index is 0.0423. The van der Waals surface area contributed by atoms with Crippen molar-refractivity contribution in [3.8, 4) is 22.8 Å². The van der Waals surface area contributed by atoms with E-state index in [1.54, 1.807) is 13.2 Å². The van der Waals surface area contributed by atoms with Gasteiger partial charge in [-0.3, -0.25) is 9.36 Å². The van der Waals surface area contributed by atoms with Crippen LogP contribution in [0.15, 0.2) is 94.2 Å². The second kappa shape index (κ2) is 12.8. The van der Waals surface area contributed by atoms with Crippen molar-refractivity contribution >= 4 is 41.6 Å². The zero-order valence-corrected chi connectivity index (χ0v) is 23.8. The highest BCUT2D eigenvalue weighted by molar-refractivity contribution is 7.99. The maximum Gasteiger partial charge on any atom is 0.250 e. The van der Waals surface area contributed by atoms with Crippen molar-refractivity contribution in [3.63, 3.8) is 0 Å². The van der Waals surface area contributed by atoms with Crippen LogP contribution in [0.1, 0.15) is 31.9 Å². The molecule has 0 unspecified atom stereocenters. The van der Waals surface area contributed by atoms with Crippen LogP contribution in [0.2, 0.25) is 0 Å². The molecule has 1 N–H and O–H groups in total. The second-order valence-electron chi connectivity index (χ2n) is 9.69. The van der Waals surface area contributed by atoms with Gasteiger partial charge in [-0.25, -0.2) is 5.43 Å². The zero-order valence-electron chi connectivity index (χ0n) is 22.3. The summed E-state index contributed by atoms with van der Waals surface area (Å²) in [5, 5.41) is 13.8. The molecule has 0 aliphatic heterocycles. The van der Waals surface area contributed by atoms with E-state index >= 15 is 0 Å². The molecular formula is C30H30ClN5O2S. The number of ether oxygens (including phenoxy) is 1. The van der Waals surface area contributed by atoms with Gasteiger partial charge in [0.15, 0.2) is 11.0 Å². The van der Waals surface area contributed by atoms with Crippen LogP contribution in [0.3, 0.4) is 0 Å². The zero-order chi connectivity index (χ0) is 27.8. The van der Waals surface area contributed by atoms with E-state index < -0.39 is 0 Å². The minimum atomic E-state index is -0.291. The predicted molar refractivity (Wildman–Crippen MR) is 160 cm³/mol. The van der Waals surface area contributed by atoms with E-state index in [2.05, 4.69) is 53.6 Å². The summed E-state index contributed by atoms with van der Waals surface area (Å²) in [7, 11) is 1.63. The summed E-state index contributed by atoms with van der Waals surface area (Å²) in [6.07, 6.45) is 3.16. The summed E-state index contributed by atoms with van der Waals surface area (Å²) >= 11 is 7.47. The number of nitrogens with zero attached hydrogens (tertiary/aromatic N) is 4. The van der Waals surface area contributed by atoms with Gasteiger partial charge in [-0.05, 0) is 46.9 Å². The SMILES string of the molecule is COc1ccc(-n2c(SCC(=O)NN=CC(Cl)=Cc3ccccc3)nnc2-c2ccc(C(C)(C)C)cc2)cc1. The van der Waals surface area contributed by atoms with Gasteiger partial charge in [0.1, 0.15) is 5.75 Å². The molecule has 0 saturated heterocycles. The number of carbonyl (C=O) groups excluding carboxylic acids is 1. The molecule has 3 aromatic carbocycles. The lowest BCUT2D eigenvalue weighted by molar-refractivity contribution is -0.118. The first-order valence-electron chi connectivity index (χ1n) is 12.3. The Morgan fingerprint density at radius 1 is 1.03 bits per heavy atom. The molecule has 0 atom stereocenters. The summed E-state index contributed by atoms with van der Waals surface area (Å²) < 4.78 is 7.25. The molecule has 1 heterocycles. The number of amides is 1. The molecule has 0 fully saturated rings. The molecule has 0 radical (unpaired) electrons. The lowest BCUT2D eigenvalue weighted by Crippen LogP contribution is -2.19. The lowest BCUT2D eigenvalue weighted by atomic mass is 9.87. The highest BCUT2D eigenvalue weighted by Gasteiger charge is 2.19. The monoisotopic (exact) mass is 559 g/mol. The molecule has 0 aliphatic rings. The summed E-state index contributed by atoms with van der Waals surface area (Å²) in [5.74, 6) is 1.23. The van der Waals surface area contributed by atoms with Gasteiger partial charge >= 0.3 is 0 Å². The third-order valence-electron chi connectivity index (χ3n) is 5.79. The fourth-order valence-corrected chi connectivity index (χ4v) is 4.63. The van der Waals surface area contributed by atoms with Crippen molar-refractivity contribution in [1.82, 2.24) is 20.2 Å². The largest absolute Gasteiger partial charge is 0.497 e. The van der Waals surface area contributed by atoms with Gasteiger partial charge in [-0.2, -0.15) is 5.10 Å². The molecule has 200 valence electrons. The Morgan fingerprint density at radius 3 is 2.36 bits per heavy atom. The van der Waals surface area contributed by atoms with Gasteiger partial charge in [0.2, 0.25) is 0 Å². The molecule has 0 spiro atoms. The topological polar surface area (TPSA) is 81.4 Å². The smallest absolute Gasteiger partial charge is 0.250 e. The van der Waals surface area contributed by atoms with Crippen LogP contribution >= 0.6 is 23.4 Å². The Hall–Kier alpha value is -3.88. The third kappa shape index (κ3) is 7.59. The third-order valence-corrected chi connectivity index (χ3v) is 6.92. The number of halogens is 1. The Bertz CT molecular complexity index is 1460.